The zero-order valence-corrected chi connectivity index (χ0v) is 21.7. The average molecular weight is 404 g/mol. The van der Waals surface area contributed by atoms with Gasteiger partial charge in [0.15, 0.2) is 0 Å². The maximum atomic E-state index is 2.26. The van der Waals surface area contributed by atoms with Crippen LogP contribution >= 0.6 is 0 Å². The van der Waals surface area contributed by atoms with Gasteiger partial charge in [0, 0.05) is 59.1 Å². The van der Waals surface area contributed by atoms with E-state index in [1.807, 2.05) is 12.1 Å². The van der Waals surface area contributed by atoms with Gasteiger partial charge in [-0.15, -0.1) is 0 Å². The Morgan fingerprint density at radius 2 is 0.833 bits per heavy atom. The van der Waals surface area contributed by atoms with Crippen LogP contribution in [0, 0.1) is 0 Å². The first-order chi connectivity index (χ1) is 13.9. The number of hydrogen-bond donors (Lipinski definition) is 0. The fourth-order valence-electron chi connectivity index (χ4n) is 3.18. The molecule has 0 aliphatic rings. The minimum Gasteiger partial charge on any atom is -0.0622 e. The van der Waals surface area contributed by atoms with Gasteiger partial charge >= 0.3 is 0 Å². The molecule has 2 radical (unpaired) electrons. The fourth-order valence-corrected chi connectivity index (χ4v) is 3.18. The fraction of sp³-hybridized carbons (Fsp3) is 0. The molecule has 0 bridgehead atoms. The van der Waals surface area contributed by atoms with Gasteiger partial charge in [-0.1, -0.05) is 127 Å². The van der Waals surface area contributed by atoms with Gasteiger partial charge in [-0.25, -0.2) is 0 Å². The van der Waals surface area contributed by atoms with E-state index in [0.717, 1.165) is 0 Å². The summed E-state index contributed by atoms with van der Waals surface area (Å²) in [5.74, 6) is 0. The molecule has 0 saturated carbocycles. The second kappa shape index (κ2) is 12.9. The van der Waals surface area contributed by atoms with Gasteiger partial charge in [-0.3, -0.25) is 0 Å². The predicted molar refractivity (Wildman–Crippen MR) is 134 cm³/mol. The van der Waals surface area contributed by atoms with Crippen molar-refractivity contribution in [3.63, 3.8) is 0 Å². The van der Waals surface area contributed by atoms with E-state index in [1.165, 1.54) is 33.4 Å². The maximum Gasteiger partial charge on any atom is 0 e. The molecule has 4 aromatic carbocycles. The molecular weight excluding hydrogens is 382 g/mol. The summed E-state index contributed by atoms with van der Waals surface area (Å²) >= 11 is 0. The third-order valence-corrected chi connectivity index (χ3v) is 4.70. The Balaban J connectivity index is 0.00000160. The van der Waals surface area contributed by atoms with Gasteiger partial charge in [0.25, 0.3) is 0 Å². The van der Waals surface area contributed by atoms with Gasteiger partial charge in [-0.05, 0) is 39.4 Å². The first-order valence-corrected chi connectivity index (χ1v) is 9.54. The number of benzene rings is 4. The van der Waals surface area contributed by atoms with Gasteiger partial charge in [-0.2, -0.15) is 0 Å². The standard InChI is InChI=1S/C28H22.2Na/c1-4-10-23(11-5-1)16-18-26-20-21-28(25-14-8-3-9-15-25)22-27(26)19-17-24-12-6-2-7-13-24;;/h1-22H;;. The quantitative estimate of drug-likeness (QED) is 0.250. The van der Waals surface area contributed by atoms with Gasteiger partial charge < -0.3 is 0 Å². The van der Waals surface area contributed by atoms with Crippen LogP contribution in [-0.2, 0) is 0 Å². The normalized spacial score (nSPS) is 10.5. The van der Waals surface area contributed by atoms with E-state index < -0.39 is 0 Å². The molecule has 136 valence electrons. The average Bonchev–Trinajstić information content (AvgIpc) is 2.78. The third kappa shape index (κ3) is 6.96. The summed E-state index contributed by atoms with van der Waals surface area (Å²) in [6, 6.07) is 38.0. The van der Waals surface area contributed by atoms with Crippen LogP contribution in [0.4, 0.5) is 0 Å². The van der Waals surface area contributed by atoms with Crippen LogP contribution in [0.3, 0.4) is 0 Å². The first kappa shape index (κ1) is 24.6. The van der Waals surface area contributed by atoms with E-state index >= 15 is 0 Å². The molecule has 0 aliphatic heterocycles. The molecule has 4 aromatic rings. The Hall–Kier alpha value is -1.64. The molecule has 30 heavy (non-hydrogen) atoms. The van der Waals surface area contributed by atoms with Crippen LogP contribution in [-0.4, -0.2) is 59.1 Å². The van der Waals surface area contributed by atoms with Crippen LogP contribution in [0.2, 0.25) is 0 Å². The Kier molecular flexibility index (Phi) is 10.6. The second-order valence-corrected chi connectivity index (χ2v) is 6.70. The van der Waals surface area contributed by atoms with E-state index in [9.17, 15) is 0 Å². The largest absolute Gasteiger partial charge is 0.0622 e. The number of hydrogen-bond acceptors (Lipinski definition) is 0. The molecule has 4 rings (SSSR count). The Labute approximate surface area is 224 Å². The van der Waals surface area contributed by atoms with Gasteiger partial charge in [0.2, 0.25) is 0 Å². The summed E-state index contributed by atoms with van der Waals surface area (Å²) in [5, 5.41) is 0. The minimum atomic E-state index is 0. The minimum absolute atomic E-state index is 0. The zero-order chi connectivity index (χ0) is 19.0. The summed E-state index contributed by atoms with van der Waals surface area (Å²) in [6.45, 7) is 0. The van der Waals surface area contributed by atoms with Crippen molar-refractivity contribution in [3.05, 3.63) is 131 Å². The van der Waals surface area contributed by atoms with Crippen molar-refractivity contribution in [2.45, 2.75) is 0 Å². The predicted octanol–water partition coefficient (Wildman–Crippen LogP) is 6.93. The first-order valence-electron chi connectivity index (χ1n) is 9.54. The summed E-state index contributed by atoms with van der Waals surface area (Å²) in [4.78, 5) is 0. The maximum absolute atomic E-state index is 2.26. The summed E-state index contributed by atoms with van der Waals surface area (Å²) in [7, 11) is 0. The second-order valence-electron chi connectivity index (χ2n) is 6.70. The van der Waals surface area contributed by atoms with Crippen molar-refractivity contribution in [1.82, 2.24) is 0 Å². The Morgan fingerprint density at radius 3 is 1.37 bits per heavy atom. The van der Waals surface area contributed by atoms with Crippen LogP contribution in [0.1, 0.15) is 22.3 Å². The molecule has 0 unspecified atom stereocenters. The molecule has 0 atom stereocenters. The molecule has 0 aliphatic carbocycles. The van der Waals surface area contributed by atoms with Crippen molar-refractivity contribution in [2.24, 2.45) is 0 Å². The van der Waals surface area contributed by atoms with Crippen LogP contribution in [0.25, 0.3) is 35.4 Å². The summed E-state index contributed by atoms with van der Waals surface area (Å²) in [6.07, 6.45) is 8.72. The van der Waals surface area contributed by atoms with Crippen LogP contribution in [0.5, 0.6) is 0 Å². The van der Waals surface area contributed by atoms with Crippen molar-refractivity contribution in [3.8, 4) is 11.1 Å². The van der Waals surface area contributed by atoms with E-state index in [2.05, 4.69) is 121 Å². The smallest absolute Gasteiger partial charge is 0 e. The van der Waals surface area contributed by atoms with E-state index in [4.69, 9.17) is 0 Å². The molecule has 0 amide bonds. The summed E-state index contributed by atoms with van der Waals surface area (Å²) < 4.78 is 0. The zero-order valence-electron chi connectivity index (χ0n) is 17.7. The monoisotopic (exact) mass is 404 g/mol. The topological polar surface area (TPSA) is 0 Å². The van der Waals surface area contributed by atoms with Crippen LogP contribution < -0.4 is 0 Å². The van der Waals surface area contributed by atoms with Gasteiger partial charge in [0.1, 0.15) is 0 Å². The molecule has 0 fully saturated rings. The summed E-state index contributed by atoms with van der Waals surface area (Å²) in [5.41, 5.74) is 7.27. The van der Waals surface area contributed by atoms with Crippen molar-refractivity contribution in [1.29, 1.82) is 0 Å². The molecule has 0 N–H and O–H groups in total. The molecule has 0 saturated heterocycles. The Bertz CT molecular complexity index is 1080. The van der Waals surface area contributed by atoms with Crippen molar-refractivity contribution >= 4 is 83.4 Å². The molecule has 0 nitrogen and oxygen atoms in total. The van der Waals surface area contributed by atoms with E-state index in [0.29, 0.717) is 0 Å². The third-order valence-electron chi connectivity index (χ3n) is 4.70. The van der Waals surface area contributed by atoms with Gasteiger partial charge in [0.05, 0.1) is 0 Å². The Morgan fingerprint density at radius 1 is 0.367 bits per heavy atom. The van der Waals surface area contributed by atoms with Crippen molar-refractivity contribution in [2.75, 3.05) is 0 Å². The SMILES string of the molecule is C(=Cc1ccc(-c2ccccc2)cc1C=Cc1ccccc1)c1ccccc1.[Na].[Na]. The molecule has 0 aromatic heterocycles. The number of rotatable bonds is 5. The molecule has 0 spiro atoms. The van der Waals surface area contributed by atoms with E-state index in [1.54, 1.807) is 0 Å². The van der Waals surface area contributed by atoms with E-state index in [-0.39, 0.29) is 59.1 Å². The van der Waals surface area contributed by atoms with Crippen molar-refractivity contribution < 1.29 is 0 Å². The molecule has 2 heteroatoms. The molecular formula is C28H22Na2. The van der Waals surface area contributed by atoms with Crippen LogP contribution in [0.15, 0.2) is 109 Å². The molecule has 0 heterocycles.